The molecule has 2 unspecified atom stereocenters. The molecule has 0 saturated carbocycles. The summed E-state index contributed by atoms with van der Waals surface area (Å²) >= 11 is 25.2. The number of carbonyl (C=O) groups is 4. The number of likely N-dealkylation sites (N-methyl/N-ethyl adjacent to an activating group) is 2. The molecule has 4 aromatic carbocycles. The van der Waals surface area contributed by atoms with Gasteiger partial charge < -0.3 is 30.9 Å². The van der Waals surface area contributed by atoms with Gasteiger partial charge in [0.15, 0.2) is 0 Å². The normalized spacial score (nSPS) is 18.3. The van der Waals surface area contributed by atoms with Gasteiger partial charge in [0, 0.05) is 63.8 Å². The lowest BCUT2D eigenvalue weighted by atomic mass is 9.84. The van der Waals surface area contributed by atoms with Crippen molar-refractivity contribution in [3.8, 4) is 0 Å². The van der Waals surface area contributed by atoms with Gasteiger partial charge in [-0.2, -0.15) is 0 Å². The number of benzene rings is 4. The van der Waals surface area contributed by atoms with E-state index < -0.39 is 18.5 Å². The Morgan fingerprint density at radius 3 is 1.72 bits per heavy atom. The number of nitrogens with zero attached hydrogens (tertiary/aromatic N) is 3. The number of aliphatic carboxylic acids is 1. The molecular weight excluding hydrogens is 762 g/mol. The van der Waals surface area contributed by atoms with E-state index in [9.17, 15) is 19.2 Å². The summed E-state index contributed by atoms with van der Waals surface area (Å²) in [6.07, 6.45) is 0. The van der Waals surface area contributed by atoms with Gasteiger partial charge >= 0.3 is 18.0 Å². The van der Waals surface area contributed by atoms with Crippen molar-refractivity contribution in [2.75, 3.05) is 50.5 Å². The van der Waals surface area contributed by atoms with Crippen LogP contribution in [0.1, 0.15) is 45.2 Å². The molecule has 4 N–H and O–H groups in total. The number of urea groups is 2. The zero-order valence-corrected chi connectivity index (χ0v) is 31.8. The molecular formula is C38H36Cl4N6O5. The minimum Gasteiger partial charge on any atom is -0.480 e. The predicted molar refractivity (Wildman–Crippen MR) is 208 cm³/mol. The Hall–Kier alpha value is -4.36. The summed E-state index contributed by atoms with van der Waals surface area (Å²) in [7, 11) is 4.10. The highest BCUT2D eigenvalue weighted by molar-refractivity contribution is 6.35. The highest BCUT2D eigenvalue weighted by atomic mass is 35.5. The number of halogens is 4. The number of rotatable bonds is 6. The van der Waals surface area contributed by atoms with Gasteiger partial charge in [0.25, 0.3) is 5.91 Å². The monoisotopic (exact) mass is 796 g/mol. The molecule has 1 fully saturated rings. The lowest BCUT2D eigenvalue weighted by Crippen LogP contribution is -2.33. The molecule has 0 radical (unpaired) electrons. The summed E-state index contributed by atoms with van der Waals surface area (Å²) in [4.78, 5) is 51.4. The minimum atomic E-state index is -1.10. The van der Waals surface area contributed by atoms with E-state index in [0.717, 1.165) is 59.6 Å². The number of imide groups is 1. The maximum atomic E-state index is 11.9. The van der Waals surface area contributed by atoms with Crippen molar-refractivity contribution < 1.29 is 24.3 Å². The molecule has 5 amide bonds. The molecule has 4 aromatic rings. The largest absolute Gasteiger partial charge is 0.480 e. The van der Waals surface area contributed by atoms with E-state index in [2.05, 4.69) is 32.8 Å². The van der Waals surface area contributed by atoms with Crippen molar-refractivity contribution >= 4 is 81.7 Å². The van der Waals surface area contributed by atoms with Gasteiger partial charge in [0.2, 0.25) is 0 Å². The fraction of sp³-hybridized carbons (Fsp3) is 0.263. The van der Waals surface area contributed by atoms with E-state index in [1.165, 1.54) is 4.90 Å². The summed E-state index contributed by atoms with van der Waals surface area (Å²) in [5.41, 5.74) is 7.74. The van der Waals surface area contributed by atoms with Gasteiger partial charge in [0.1, 0.15) is 6.54 Å². The highest BCUT2D eigenvalue weighted by Crippen LogP contribution is 2.40. The summed E-state index contributed by atoms with van der Waals surface area (Å²) in [6.45, 7) is 2.82. The third-order valence-electron chi connectivity index (χ3n) is 9.35. The van der Waals surface area contributed by atoms with Crippen molar-refractivity contribution in [1.29, 1.82) is 0 Å². The van der Waals surface area contributed by atoms with Gasteiger partial charge in [-0.1, -0.05) is 70.7 Å². The Bertz CT molecular complexity index is 2050. The van der Waals surface area contributed by atoms with E-state index in [4.69, 9.17) is 51.5 Å². The fourth-order valence-electron chi connectivity index (χ4n) is 6.93. The van der Waals surface area contributed by atoms with Crippen molar-refractivity contribution in [3.05, 3.63) is 126 Å². The molecule has 11 nitrogen and oxygen atoms in total. The lowest BCUT2D eigenvalue weighted by Gasteiger charge is -2.33. The molecule has 0 aromatic heterocycles. The Morgan fingerprint density at radius 1 is 0.774 bits per heavy atom. The predicted octanol–water partition coefficient (Wildman–Crippen LogP) is 7.40. The summed E-state index contributed by atoms with van der Waals surface area (Å²) in [6, 6.07) is 21.5. The SMILES string of the molecule is CN1Cc2c(Cl)cc(Cl)cc2C(c2ccc(N3C(=O)CNC3=O)cc2)C1.CN1Cc2c(Cl)cc(Cl)cc2C(c2ccc(NC(=O)NCC(=O)O)cc2)C1. The van der Waals surface area contributed by atoms with E-state index in [1.54, 1.807) is 36.4 Å². The third-order valence-corrected chi connectivity index (χ3v) is 10.5. The first-order chi connectivity index (χ1) is 25.3. The van der Waals surface area contributed by atoms with Crippen LogP contribution in [-0.4, -0.2) is 79.1 Å². The summed E-state index contributed by atoms with van der Waals surface area (Å²) < 4.78 is 0. The Labute approximate surface area is 326 Å². The second-order valence-corrected chi connectivity index (χ2v) is 14.9. The molecule has 2 atom stereocenters. The smallest absolute Gasteiger partial charge is 0.329 e. The van der Waals surface area contributed by atoms with Crippen LogP contribution in [0.25, 0.3) is 0 Å². The fourth-order valence-corrected chi connectivity index (χ4v) is 8.07. The summed E-state index contributed by atoms with van der Waals surface area (Å²) in [5.74, 6) is -1.11. The Balaban J connectivity index is 0.000000181. The zero-order valence-electron chi connectivity index (χ0n) is 28.8. The topological polar surface area (TPSA) is 134 Å². The van der Waals surface area contributed by atoms with Crippen LogP contribution in [0.15, 0.2) is 72.8 Å². The van der Waals surface area contributed by atoms with E-state index in [1.807, 2.05) is 43.4 Å². The number of anilines is 2. The number of carbonyl (C=O) groups excluding carboxylic acids is 3. The molecule has 3 aliphatic heterocycles. The number of carboxylic acids is 1. The van der Waals surface area contributed by atoms with Crippen LogP contribution >= 0.6 is 46.4 Å². The minimum absolute atomic E-state index is 0.0401. The van der Waals surface area contributed by atoms with Gasteiger partial charge in [-0.25, -0.2) is 14.5 Å². The van der Waals surface area contributed by atoms with Gasteiger partial charge in [-0.15, -0.1) is 0 Å². The molecule has 0 aliphatic carbocycles. The lowest BCUT2D eigenvalue weighted by molar-refractivity contribution is -0.135. The molecule has 276 valence electrons. The molecule has 53 heavy (non-hydrogen) atoms. The Morgan fingerprint density at radius 2 is 1.26 bits per heavy atom. The van der Waals surface area contributed by atoms with E-state index >= 15 is 0 Å². The van der Waals surface area contributed by atoms with Crippen molar-refractivity contribution in [3.63, 3.8) is 0 Å². The van der Waals surface area contributed by atoms with Gasteiger partial charge in [-0.05, 0) is 96.0 Å². The molecule has 3 aliphatic rings. The Kier molecular flexibility index (Phi) is 11.8. The molecule has 0 spiro atoms. The standard InChI is InChI=1S/C19H19Cl2N3O3.C19H17Cl2N3O2/c1-24-9-15(14-6-12(20)7-17(21)16(14)10-24)11-2-4-13(5-3-11)23-19(27)22-8-18(25)26;1-23-9-15(14-6-12(20)7-17(21)16(14)10-23)11-2-4-13(5-3-11)24-18(25)8-22-19(24)26/h2-7,15H,8-10H2,1H3,(H,25,26)(H2,22,23,27);2-7,15H,8-10H2,1H3,(H,22,26). The number of nitrogens with one attached hydrogen (secondary N) is 3. The van der Waals surface area contributed by atoms with Crippen LogP contribution in [0.5, 0.6) is 0 Å². The second-order valence-electron chi connectivity index (χ2n) is 13.2. The van der Waals surface area contributed by atoms with Crippen LogP contribution in [0, 0.1) is 0 Å². The first-order valence-electron chi connectivity index (χ1n) is 16.7. The van der Waals surface area contributed by atoms with E-state index in [0.29, 0.717) is 31.5 Å². The number of fused-ring (bicyclic) bond motifs is 2. The van der Waals surface area contributed by atoms with Gasteiger partial charge in [-0.3, -0.25) is 9.59 Å². The first-order valence-corrected chi connectivity index (χ1v) is 18.2. The maximum Gasteiger partial charge on any atom is 0.329 e. The van der Waals surface area contributed by atoms with Crippen molar-refractivity contribution in [1.82, 2.24) is 20.4 Å². The number of amides is 5. The van der Waals surface area contributed by atoms with Crippen molar-refractivity contribution in [2.45, 2.75) is 24.9 Å². The number of hydrogen-bond acceptors (Lipinski definition) is 6. The quantitative estimate of drug-likeness (QED) is 0.150. The number of hydrogen-bond donors (Lipinski definition) is 4. The second kappa shape index (κ2) is 16.3. The van der Waals surface area contributed by atoms with Crippen LogP contribution in [-0.2, 0) is 22.7 Å². The van der Waals surface area contributed by atoms with Crippen molar-refractivity contribution in [2.24, 2.45) is 0 Å². The summed E-state index contributed by atoms with van der Waals surface area (Å²) in [5, 5.41) is 18.6. The van der Waals surface area contributed by atoms with Crippen LogP contribution in [0.3, 0.4) is 0 Å². The number of carboxylic acid groups (broad SMARTS) is 1. The van der Waals surface area contributed by atoms with Crippen LogP contribution in [0.4, 0.5) is 21.0 Å². The average Bonchev–Trinajstić information content (AvgIpc) is 3.45. The maximum absolute atomic E-state index is 11.9. The first kappa shape index (κ1) is 38.4. The van der Waals surface area contributed by atoms with E-state index in [-0.39, 0.29) is 30.3 Å². The third kappa shape index (κ3) is 8.89. The molecule has 1 saturated heterocycles. The molecule has 3 heterocycles. The van der Waals surface area contributed by atoms with Crippen LogP contribution < -0.4 is 20.9 Å². The zero-order chi connectivity index (χ0) is 38.0. The highest BCUT2D eigenvalue weighted by Gasteiger charge is 2.31. The average molecular weight is 799 g/mol. The molecule has 15 heteroatoms. The van der Waals surface area contributed by atoms with Crippen LogP contribution in [0.2, 0.25) is 20.1 Å². The molecule has 0 bridgehead atoms. The molecule has 7 rings (SSSR count). The van der Waals surface area contributed by atoms with Gasteiger partial charge in [0.05, 0.1) is 12.2 Å².